The molecule has 0 aliphatic heterocycles. The van der Waals surface area contributed by atoms with E-state index in [0.29, 0.717) is 12.6 Å². The van der Waals surface area contributed by atoms with E-state index in [-0.39, 0.29) is 0 Å². The van der Waals surface area contributed by atoms with Gasteiger partial charge < -0.3 is 10.1 Å². The number of ether oxygens (including phenoxy) is 1. The van der Waals surface area contributed by atoms with E-state index in [1.54, 1.807) is 6.20 Å². The van der Waals surface area contributed by atoms with Crippen molar-refractivity contribution < 1.29 is 4.74 Å². The fourth-order valence-electron chi connectivity index (χ4n) is 2.48. The highest BCUT2D eigenvalue weighted by Crippen LogP contribution is 2.22. The smallest absolute Gasteiger partial charge is 0.137 e. The van der Waals surface area contributed by atoms with Crippen molar-refractivity contribution in [3.05, 3.63) is 24.0 Å². The van der Waals surface area contributed by atoms with Crippen LogP contribution in [0.15, 0.2) is 18.5 Å². The van der Waals surface area contributed by atoms with Crippen molar-refractivity contribution in [1.29, 1.82) is 0 Å². The summed E-state index contributed by atoms with van der Waals surface area (Å²) in [5.41, 5.74) is 1.23. The third-order valence-electron chi connectivity index (χ3n) is 3.64. The molecular weight excluding hydrogens is 248 g/mol. The summed E-state index contributed by atoms with van der Waals surface area (Å²) in [7, 11) is 2.02. The zero-order valence-corrected chi connectivity index (χ0v) is 13.3. The molecule has 0 amide bonds. The second-order valence-corrected chi connectivity index (χ2v) is 5.28. The summed E-state index contributed by atoms with van der Waals surface area (Å²) >= 11 is 0. The molecule has 1 unspecified atom stereocenters. The van der Waals surface area contributed by atoms with Crippen LogP contribution in [0.5, 0.6) is 5.75 Å². The monoisotopic (exact) mass is 278 g/mol. The number of pyridine rings is 1. The number of hydrogen-bond donors (Lipinski definition) is 1. The molecule has 0 aliphatic carbocycles. The number of nitrogens with zero attached hydrogens (tertiary/aromatic N) is 1. The van der Waals surface area contributed by atoms with Crippen molar-refractivity contribution >= 4 is 0 Å². The molecule has 1 N–H and O–H groups in total. The quantitative estimate of drug-likeness (QED) is 0.605. The van der Waals surface area contributed by atoms with Crippen LogP contribution >= 0.6 is 0 Å². The van der Waals surface area contributed by atoms with Crippen molar-refractivity contribution in [1.82, 2.24) is 10.3 Å². The van der Waals surface area contributed by atoms with Gasteiger partial charge in [0.1, 0.15) is 5.75 Å². The van der Waals surface area contributed by atoms with Crippen LogP contribution in [0.4, 0.5) is 0 Å². The van der Waals surface area contributed by atoms with Crippen molar-refractivity contribution in [2.24, 2.45) is 0 Å². The van der Waals surface area contributed by atoms with Gasteiger partial charge in [0.25, 0.3) is 0 Å². The molecule has 0 fully saturated rings. The first-order valence-corrected chi connectivity index (χ1v) is 8.06. The van der Waals surface area contributed by atoms with Crippen molar-refractivity contribution in [2.45, 2.75) is 64.8 Å². The standard InChI is InChI=1S/C17H30N2O/c1-4-6-7-8-9-10-11-17(18-3)15-12-16(20-5-2)14-19-13-15/h12-14,17-18H,4-11H2,1-3H3. The minimum absolute atomic E-state index is 0.383. The maximum absolute atomic E-state index is 5.52. The average molecular weight is 278 g/mol. The first-order chi connectivity index (χ1) is 9.81. The van der Waals surface area contributed by atoms with Crippen LogP contribution in [0.1, 0.15) is 70.4 Å². The van der Waals surface area contributed by atoms with Crippen LogP contribution in [0, 0.1) is 0 Å². The lowest BCUT2D eigenvalue weighted by Crippen LogP contribution is -2.16. The fourth-order valence-corrected chi connectivity index (χ4v) is 2.48. The van der Waals surface area contributed by atoms with Crippen LogP contribution < -0.4 is 10.1 Å². The Labute approximate surface area is 124 Å². The number of hydrogen-bond acceptors (Lipinski definition) is 3. The number of aromatic nitrogens is 1. The second kappa shape index (κ2) is 10.7. The van der Waals surface area contributed by atoms with Gasteiger partial charge in [-0.25, -0.2) is 0 Å². The normalized spacial score (nSPS) is 12.3. The summed E-state index contributed by atoms with van der Waals surface area (Å²) in [6.45, 7) is 4.95. The molecule has 0 spiro atoms. The zero-order chi connectivity index (χ0) is 14.6. The van der Waals surface area contributed by atoms with E-state index in [0.717, 1.165) is 5.75 Å². The molecule has 114 valence electrons. The van der Waals surface area contributed by atoms with Crippen LogP contribution in [-0.4, -0.2) is 18.6 Å². The second-order valence-electron chi connectivity index (χ2n) is 5.28. The van der Waals surface area contributed by atoms with Gasteiger partial charge in [-0.2, -0.15) is 0 Å². The number of rotatable bonds is 11. The number of nitrogens with one attached hydrogen (secondary N) is 1. The highest BCUT2D eigenvalue weighted by Gasteiger charge is 2.10. The van der Waals surface area contributed by atoms with Crippen molar-refractivity contribution in [2.75, 3.05) is 13.7 Å². The highest BCUT2D eigenvalue weighted by molar-refractivity contribution is 5.25. The maximum Gasteiger partial charge on any atom is 0.137 e. The Hall–Kier alpha value is -1.09. The molecule has 0 radical (unpaired) electrons. The molecular formula is C17H30N2O. The molecule has 0 aliphatic rings. The Bertz CT molecular complexity index is 355. The van der Waals surface area contributed by atoms with Gasteiger partial charge in [0.2, 0.25) is 0 Å². The summed E-state index contributed by atoms with van der Waals surface area (Å²) < 4.78 is 5.52. The molecule has 0 bridgehead atoms. The number of unbranched alkanes of at least 4 members (excludes halogenated alkanes) is 5. The van der Waals surface area contributed by atoms with Crippen LogP contribution in [0.2, 0.25) is 0 Å². The Morgan fingerprint density at radius 1 is 1.10 bits per heavy atom. The molecule has 0 saturated carbocycles. The van der Waals surface area contributed by atoms with E-state index in [4.69, 9.17) is 4.74 Å². The first-order valence-electron chi connectivity index (χ1n) is 8.06. The molecule has 1 rings (SSSR count). The summed E-state index contributed by atoms with van der Waals surface area (Å²) in [5.74, 6) is 0.869. The van der Waals surface area contributed by atoms with E-state index in [2.05, 4.69) is 23.3 Å². The van der Waals surface area contributed by atoms with E-state index in [1.807, 2.05) is 20.2 Å². The molecule has 3 heteroatoms. The van der Waals surface area contributed by atoms with Crippen LogP contribution in [0.25, 0.3) is 0 Å². The molecule has 1 heterocycles. The topological polar surface area (TPSA) is 34.2 Å². The lowest BCUT2D eigenvalue weighted by molar-refractivity contribution is 0.337. The first kappa shape index (κ1) is 17.0. The maximum atomic E-state index is 5.52. The predicted octanol–water partition coefficient (Wildman–Crippen LogP) is 4.49. The van der Waals surface area contributed by atoms with Crippen molar-refractivity contribution in [3.8, 4) is 5.75 Å². The SMILES string of the molecule is CCCCCCCCC(NC)c1cncc(OCC)c1. The summed E-state index contributed by atoms with van der Waals surface area (Å²) in [6, 6.07) is 2.49. The minimum atomic E-state index is 0.383. The van der Waals surface area contributed by atoms with Gasteiger partial charge >= 0.3 is 0 Å². The molecule has 0 aromatic carbocycles. The molecule has 1 aromatic rings. The molecule has 1 aromatic heterocycles. The van der Waals surface area contributed by atoms with Gasteiger partial charge in [-0.1, -0.05) is 45.4 Å². The minimum Gasteiger partial charge on any atom is -0.492 e. The van der Waals surface area contributed by atoms with Gasteiger partial charge in [0, 0.05) is 12.2 Å². The molecule has 1 atom stereocenters. The predicted molar refractivity (Wildman–Crippen MR) is 85.2 cm³/mol. The van der Waals surface area contributed by atoms with Crippen molar-refractivity contribution in [3.63, 3.8) is 0 Å². The Kier molecular flexibility index (Phi) is 9.05. The largest absolute Gasteiger partial charge is 0.492 e. The van der Waals surface area contributed by atoms with Gasteiger partial charge in [-0.15, -0.1) is 0 Å². The highest BCUT2D eigenvalue weighted by atomic mass is 16.5. The Morgan fingerprint density at radius 3 is 2.55 bits per heavy atom. The van der Waals surface area contributed by atoms with Crippen LogP contribution in [-0.2, 0) is 0 Å². The fraction of sp³-hybridized carbons (Fsp3) is 0.706. The molecule has 3 nitrogen and oxygen atoms in total. The Balaban J connectivity index is 2.39. The lowest BCUT2D eigenvalue weighted by Gasteiger charge is -2.17. The van der Waals surface area contributed by atoms with E-state index in [9.17, 15) is 0 Å². The van der Waals surface area contributed by atoms with Gasteiger partial charge in [-0.05, 0) is 32.0 Å². The van der Waals surface area contributed by atoms with Gasteiger partial charge in [0.15, 0.2) is 0 Å². The summed E-state index contributed by atoms with van der Waals surface area (Å²) in [4.78, 5) is 4.28. The Morgan fingerprint density at radius 2 is 1.85 bits per heavy atom. The summed E-state index contributed by atoms with van der Waals surface area (Å²) in [6.07, 6.45) is 12.9. The lowest BCUT2D eigenvalue weighted by atomic mass is 10.0. The van der Waals surface area contributed by atoms with E-state index >= 15 is 0 Å². The van der Waals surface area contributed by atoms with E-state index in [1.165, 1.54) is 50.5 Å². The van der Waals surface area contributed by atoms with E-state index < -0.39 is 0 Å². The summed E-state index contributed by atoms with van der Waals surface area (Å²) in [5, 5.41) is 3.39. The average Bonchev–Trinajstić information content (AvgIpc) is 2.47. The molecule has 0 saturated heterocycles. The van der Waals surface area contributed by atoms with Gasteiger partial charge in [-0.3, -0.25) is 4.98 Å². The third kappa shape index (κ3) is 6.38. The van der Waals surface area contributed by atoms with Gasteiger partial charge in [0.05, 0.1) is 12.8 Å². The van der Waals surface area contributed by atoms with Crippen LogP contribution in [0.3, 0.4) is 0 Å². The molecule has 20 heavy (non-hydrogen) atoms. The third-order valence-corrected chi connectivity index (χ3v) is 3.64. The zero-order valence-electron chi connectivity index (χ0n) is 13.3.